The summed E-state index contributed by atoms with van der Waals surface area (Å²) in [5.41, 5.74) is 2.03. The average molecular weight is 345 g/mol. The number of fused-ring (bicyclic) bond motifs is 1. The zero-order valence-electron chi connectivity index (χ0n) is 12.3. The lowest BCUT2D eigenvalue weighted by atomic mass is 10.0. The van der Waals surface area contributed by atoms with Gasteiger partial charge in [0.05, 0.1) is 17.0 Å². The number of H-pyrrole nitrogens is 1. The summed E-state index contributed by atoms with van der Waals surface area (Å²) in [6, 6.07) is -0.172. The van der Waals surface area contributed by atoms with Gasteiger partial charge in [0.2, 0.25) is 5.91 Å². The molecule has 3 aromatic rings. The van der Waals surface area contributed by atoms with E-state index in [4.69, 9.17) is 0 Å². The largest absolute Gasteiger partial charge is 0.348 e. The molecule has 6 nitrogen and oxygen atoms in total. The monoisotopic (exact) mass is 345 g/mol. The quantitative estimate of drug-likeness (QED) is 0.788. The molecule has 0 unspecified atom stereocenters. The molecule has 0 spiro atoms. The number of thiazole rings is 2. The smallest absolute Gasteiger partial charge is 0.223 e. The number of rotatable bonds is 4. The predicted molar refractivity (Wildman–Crippen MR) is 88.4 cm³/mol. The highest BCUT2D eigenvalue weighted by Crippen LogP contribution is 2.34. The number of aryl methyl sites for hydroxylation is 1. The van der Waals surface area contributed by atoms with Crippen molar-refractivity contribution in [3.05, 3.63) is 50.9 Å². The van der Waals surface area contributed by atoms with Gasteiger partial charge in [-0.25, -0.2) is 15.0 Å². The molecule has 1 atom stereocenters. The summed E-state index contributed by atoms with van der Waals surface area (Å²) in [5.74, 6) is 0.133. The summed E-state index contributed by atoms with van der Waals surface area (Å²) in [6.07, 6.45) is 7.22. The molecule has 4 heterocycles. The van der Waals surface area contributed by atoms with Gasteiger partial charge >= 0.3 is 0 Å². The highest BCUT2D eigenvalue weighted by molar-refractivity contribution is 7.09. The van der Waals surface area contributed by atoms with Crippen LogP contribution in [0.1, 0.15) is 33.9 Å². The van der Waals surface area contributed by atoms with E-state index in [0.717, 1.165) is 27.8 Å². The molecule has 0 bridgehead atoms. The number of amides is 1. The third kappa shape index (κ3) is 2.79. The minimum atomic E-state index is -0.172. The molecule has 1 amide bonds. The van der Waals surface area contributed by atoms with Gasteiger partial charge in [0.15, 0.2) is 0 Å². The first-order chi connectivity index (χ1) is 11.3. The minimum absolute atomic E-state index is 0.133. The summed E-state index contributed by atoms with van der Waals surface area (Å²) in [5, 5.41) is 5.80. The number of aromatic amines is 1. The van der Waals surface area contributed by atoms with Crippen molar-refractivity contribution >= 4 is 28.6 Å². The van der Waals surface area contributed by atoms with Crippen LogP contribution in [0.3, 0.4) is 0 Å². The molecule has 8 heteroatoms. The van der Waals surface area contributed by atoms with E-state index in [2.05, 4.69) is 19.9 Å². The second kappa shape index (κ2) is 6.21. The van der Waals surface area contributed by atoms with Gasteiger partial charge in [-0.1, -0.05) is 0 Å². The van der Waals surface area contributed by atoms with Crippen LogP contribution in [0.4, 0.5) is 0 Å². The predicted octanol–water partition coefficient (Wildman–Crippen LogP) is 2.43. The molecule has 3 aromatic heterocycles. The highest BCUT2D eigenvalue weighted by atomic mass is 32.1. The molecule has 0 aromatic carbocycles. The number of carbonyl (C=O) groups is 1. The van der Waals surface area contributed by atoms with Crippen LogP contribution in [0.5, 0.6) is 0 Å². The second-order valence-corrected chi connectivity index (χ2v) is 7.21. The van der Waals surface area contributed by atoms with Gasteiger partial charge in [-0.15, -0.1) is 22.7 Å². The molecular weight excluding hydrogens is 330 g/mol. The lowest BCUT2D eigenvalue weighted by Crippen LogP contribution is -2.40. The number of imidazole rings is 1. The minimum Gasteiger partial charge on any atom is -0.348 e. The van der Waals surface area contributed by atoms with Crippen molar-refractivity contribution in [2.24, 2.45) is 0 Å². The van der Waals surface area contributed by atoms with Gasteiger partial charge in [0, 0.05) is 54.7 Å². The summed E-state index contributed by atoms with van der Waals surface area (Å²) in [4.78, 5) is 31.0. The highest BCUT2D eigenvalue weighted by Gasteiger charge is 2.35. The van der Waals surface area contributed by atoms with E-state index in [0.29, 0.717) is 19.4 Å². The first kappa shape index (κ1) is 14.5. The fourth-order valence-electron chi connectivity index (χ4n) is 2.90. The van der Waals surface area contributed by atoms with Gasteiger partial charge in [-0.05, 0) is 0 Å². The van der Waals surface area contributed by atoms with Crippen molar-refractivity contribution in [1.29, 1.82) is 0 Å². The molecule has 1 N–H and O–H groups in total. The van der Waals surface area contributed by atoms with Gasteiger partial charge < -0.3 is 9.88 Å². The number of aromatic nitrogens is 4. The van der Waals surface area contributed by atoms with Crippen LogP contribution in [0.25, 0.3) is 0 Å². The fourth-order valence-corrected chi connectivity index (χ4v) is 4.27. The van der Waals surface area contributed by atoms with E-state index in [-0.39, 0.29) is 11.9 Å². The molecule has 0 fully saturated rings. The van der Waals surface area contributed by atoms with Crippen LogP contribution in [-0.2, 0) is 17.6 Å². The van der Waals surface area contributed by atoms with Crippen molar-refractivity contribution in [3.63, 3.8) is 0 Å². The molecule has 0 saturated carbocycles. The normalized spacial score (nSPS) is 17.2. The van der Waals surface area contributed by atoms with Crippen LogP contribution in [0.15, 0.2) is 29.5 Å². The van der Waals surface area contributed by atoms with E-state index in [1.165, 1.54) is 0 Å². The van der Waals surface area contributed by atoms with Crippen molar-refractivity contribution < 1.29 is 4.79 Å². The molecule has 1 aliphatic heterocycles. The van der Waals surface area contributed by atoms with Crippen molar-refractivity contribution in [3.8, 4) is 0 Å². The Kier molecular flexibility index (Phi) is 3.92. The maximum atomic E-state index is 12.8. The third-order valence-corrected chi connectivity index (χ3v) is 5.63. The maximum Gasteiger partial charge on any atom is 0.223 e. The topological polar surface area (TPSA) is 74.8 Å². The molecule has 1 aliphatic rings. The fraction of sp³-hybridized carbons (Fsp3) is 0.333. The molecular formula is C15H15N5OS2. The maximum absolute atomic E-state index is 12.8. The van der Waals surface area contributed by atoms with E-state index >= 15 is 0 Å². The zero-order chi connectivity index (χ0) is 15.6. The Bertz CT molecular complexity index is 781. The van der Waals surface area contributed by atoms with Crippen molar-refractivity contribution in [1.82, 2.24) is 24.8 Å². The Labute approximate surface area is 141 Å². The van der Waals surface area contributed by atoms with E-state index in [1.54, 1.807) is 41.4 Å². The summed E-state index contributed by atoms with van der Waals surface area (Å²) >= 11 is 3.15. The third-order valence-electron chi connectivity index (χ3n) is 3.97. The van der Waals surface area contributed by atoms with E-state index in [1.807, 2.05) is 15.7 Å². The number of hydrogen-bond donors (Lipinski definition) is 1. The molecule has 23 heavy (non-hydrogen) atoms. The van der Waals surface area contributed by atoms with Crippen molar-refractivity contribution in [2.45, 2.75) is 25.3 Å². The van der Waals surface area contributed by atoms with E-state index < -0.39 is 0 Å². The molecule has 4 rings (SSSR count). The molecule has 0 radical (unpaired) electrons. The Hall–Kier alpha value is -2.06. The lowest BCUT2D eigenvalue weighted by molar-refractivity contribution is -0.133. The molecule has 0 saturated heterocycles. The number of nitrogens with zero attached hydrogens (tertiary/aromatic N) is 4. The first-order valence-corrected chi connectivity index (χ1v) is 9.18. The van der Waals surface area contributed by atoms with Crippen LogP contribution in [0, 0.1) is 0 Å². The Morgan fingerprint density at radius 2 is 2.13 bits per heavy atom. The summed E-state index contributed by atoms with van der Waals surface area (Å²) in [6.45, 7) is 0.691. The summed E-state index contributed by atoms with van der Waals surface area (Å²) < 4.78 is 0. The van der Waals surface area contributed by atoms with Gasteiger partial charge in [-0.3, -0.25) is 4.79 Å². The van der Waals surface area contributed by atoms with Gasteiger partial charge in [0.25, 0.3) is 0 Å². The van der Waals surface area contributed by atoms with Crippen LogP contribution < -0.4 is 0 Å². The van der Waals surface area contributed by atoms with Crippen LogP contribution >= 0.6 is 22.7 Å². The first-order valence-electron chi connectivity index (χ1n) is 7.42. The van der Waals surface area contributed by atoms with Gasteiger partial charge in [-0.2, -0.15) is 0 Å². The Balaban J connectivity index is 1.58. The second-order valence-electron chi connectivity index (χ2n) is 5.30. The van der Waals surface area contributed by atoms with Gasteiger partial charge in [0.1, 0.15) is 11.0 Å². The Morgan fingerprint density at radius 1 is 1.26 bits per heavy atom. The average Bonchev–Trinajstić information content (AvgIpc) is 3.33. The Morgan fingerprint density at radius 3 is 2.91 bits per heavy atom. The summed E-state index contributed by atoms with van der Waals surface area (Å²) in [7, 11) is 0. The molecule has 118 valence electrons. The molecule has 0 aliphatic carbocycles. The van der Waals surface area contributed by atoms with Crippen molar-refractivity contribution in [2.75, 3.05) is 6.54 Å². The lowest BCUT2D eigenvalue weighted by Gasteiger charge is -2.33. The zero-order valence-corrected chi connectivity index (χ0v) is 13.9. The number of hydrogen-bond acceptors (Lipinski definition) is 6. The van der Waals surface area contributed by atoms with Crippen LogP contribution in [-0.4, -0.2) is 37.3 Å². The van der Waals surface area contributed by atoms with E-state index in [9.17, 15) is 4.79 Å². The standard InChI is InChI=1S/C15H15N5OS2/c21-12(2-1-11-16-4-7-22-11)20-6-3-10-13(19-9-18-10)14(20)15-17-5-8-23-15/h4-5,7-9,14H,1-3,6H2,(H,18,19)/t14-/m0/s1. The number of nitrogens with one attached hydrogen (secondary N) is 1. The number of carbonyl (C=O) groups excluding carboxylic acids is 1. The SMILES string of the molecule is O=C(CCc1nccs1)N1CCc2[nH]cnc2[C@H]1c1nccs1. The van der Waals surface area contributed by atoms with Crippen LogP contribution in [0.2, 0.25) is 0 Å².